The highest BCUT2D eigenvalue weighted by molar-refractivity contribution is 7.89. The number of nitrogens with zero attached hydrogens (tertiary/aromatic N) is 1. The summed E-state index contributed by atoms with van der Waals surface area (Å²) in [5, 5.41) is 8.74. The number of rotatable bonds is 3. The van der Waals surface area contributed by atoms with Crippen molar-refractivity contribution in [2.75, 3.05) is 0 Å². The average molecular weight is 385 g/mol. The van der Waals surface area contributed by atoms with Gasteiger partial charge in [-0.2, -0.15) is 0 Å². The van der Waals surface area contributed by atoms with E-state index >= 15 is 0 Å². The maximum atomic E-state index is 11.3. The van der Waals surface area contributed by atoms with E-state index in [1.54, 1.807) is 24.3 Å². The Morgan fingerprint density at radius 3 is 2.22 bits per heavy atom. The van der Waals surface area contributed by atoms with Crippen molar-refractivity contribution in [2.45, 2.75) is 4.90 Å². The molecular formula is C15H10Cl2N2O2S2. The molecule has 1 aromatic heterocycles. The molecule has 8 heteroatoms. The van der Waals surface area contributed by atoms with Crippen LogP contribution in [0, 0.1) is 0 Å². The number of halogens is 2. The van der Waals surface area contributed by atoms with Gasteiger partial charge in [0.1, 0.15) is 5.01 Å². The van der Waals surface area contributed by atoms with Gasteiger partial charge in [-0.3, -0.25) is 0 Å². The molecule has 2 N–H and O–H groups in total. The average Bonchev–Trinajstić information content (AvgIpc) is 2.99. The number of thiazole rings is 1. The quantitative estimate of drug-likeness (QED) is 0.725. The van der Waals surface area contributed by atoms with Crippen molar-refractivity contribution < 1.29 is 8.42 Å². The molecular weight excluding hydrogens is 375 g/mol. The Kier molecular flexibility index (Phi) is 4.44. The molecule has 0 aliphatic rings. The van der Waals surface area contributed by atoms with Crippen molar-refractivity contribution in [3.63, 3.8) is 0 Å². The lowest BCUT2D eigenvalue weighted by Gasteiger charge is -2.01. The van der Waals surface area contributed by atoms with E-state index < -0.39 is 10.0 Å². The molecule has 4 nitrogen and oxygen atoms in total. The Bertz CT molecular complexity index is 967. The van der Waals surface area contributed by atoms with E-state index in [1.807, 2.05) is 11.4 Å². The van der Waals surface area contributed by atoms with Crippen LogP contribution in [0.1, 0.15) is 0 Å². The smallest absolute Gasteiger partial charge is 0.236 e. The molecule has 0 fully saturated rings. The van der Waals surface area contributed by atoms with Gasteiger partial charge in [0.15, 0.2) is 0 Å². The first-order chi connectivity index (χ1) is 10.8. The second kappa shape index (κ2) is 6.22. The number of primary sulfonamides is 1. The monoisotopic (exact) mass is 384 g/mol. The summed E-state index contributed by atoms with van der Waals surface area (Å²) >= 11 is 13.4. The van der Waals surface area contributed by atoms with Gasteiger partial charge >= 0.3 is 0 Å². The van der Waals surface area contributed by atoms with Crippen LogP contribution in [0.4, 0.5) is 0 Å². The number of aromatic nitrogens is 1. The lowest BCUT2D eigenvalue weighted by atomic mass is 10.2. The number of hydrogen-bond donors (Lipinski definition) is 1. The summed E-state index contributed by atoms with van der Waals surface area (Å²) in [5.74, 6) is 0. The minimum Gasteiger partial charge on any atom is -0.236 e. The van der Waals surface area contributed by atoms with Gasteiger partial charge in [0.25, 0.3) is 0 Å². The van der Waals surface area contributed by atoms with E-state index in [9.17, 15) is 8.42 Å². The Hall–Kier alpha value is -1.44. The third kappa shape index (κ3) is 3.57. The number of nitrogens with two attached hydrogens (primary N) is 1. The van der Waals surface area contributed by atoms with Crippen LogP contribution in [0.5, 0.6) is 0 Å². The zero-order chi connectivity index (χ0) is 16.6. The van der Waals surface area contributed by atoms with Crippen molar-refractivity contribution >= 4 is 44.6 Å². The van der Waals surface area contributed by atoms with Crippen molar-refractivity contribution in [3.05, 3.63) is 57.9 Å². The number of sulfonamides is 1. The first kappa shape index (κ1) is 16.4. The maximum Gasteiger partial charge on any atom is 0.238 e. The zero-order valence-corrected chi connectivity index (χ0v) is 14.7. The van der Waals surface area contributed by atoms with Gasteiger partial charge < -0.3 is 0 Å². The van der Waals surface area contributed by atoms with Crippen LogP contribution < -0.4 is 5.14 Å². The molecule has 2 aromatic carbocycles. The SMILES string of the molecule is NS(=O)(=O)c1ccc(-c2csc(-c3ccc(Cl)c(Cl)c3)n2)cc1. The van der Waals surface area contributed by atoms with Crippen molar-refractivity contribution in [2.24, 2.45) is 5.14 Å². The molecule has 0 bridgehead atoms. The second-order valence-electron chi connectivity index (χ2n) is 4.74. The van der Waals surface area contributed by atoms with Gasteiger partial charge in [0.2, 0.25) is 10.0 Å². The summed E-state index contributed by atoms with van der Waals surface area (Å²) in [6, 6.07) is 11.6. The third-order valence-electron chi connectivity index (χ3n) is 3.15. The van der Waals surface area contributed by atoms with Crippen LogP contribution >= 0.6 is 34.5 Å². The molecule has 1 heterocycles. The predicted molar refractivity (Wildman–Crippen MR) is 94.4 cm³/mol. The van der Waals surface area contributed by atoms with Crippen molar-refractivity contribution in [3.8, 4) is 21.8 Å². The third-order valence-corrected chi connectivity index (χ3v) is 5.71. The van der Waals surface area contributed by atoms with Crippen LogP contribution in [0.2, 0.25) is 10.0 Å². The van der Waals surface area contributed by atoms with Crippen LogP contribution in [-0.4, -0.2) is 13.4 Å². The molecule has 0 unspecified atom stereocenters. The predicted octanol–water partition coefficient (Wildman–Crippen LogP) is 4.43. The highest BCUT2D eigenvalue weighted by Gasteiger charge is 2.11. The molecule has 23 heavy (non-hydrogen) atoms. The summed E-state index contributed by atoms with van der Waals surface area (Å²) in [5.41, 5.74) is 2.42. The molecule has 3 rings (SSSR count). The maximum absolute atomic E-state index is 11.3. The molecule has 118 valence electrons. The second-order valence-corrected chi connectivity index (χ2v) is 7.97. The van der Waals surface area contributed by atoms with E-state index in [0.29, 0.717) is 10.0 Å². The Balaban J connectivity index is 1.94. The van der Waals surface area contributed by atoms with Gasteiger partial charge in [-0.1, -0.05) is 41.4 Å². The fourth-order valence-corrected chi connectivity index (χ4v) is 3.62. The van der Waals surface area contributed by atoms with E-state index in [1.165, 1.54) is 23.5 Å². The fraction of sp³-hybridized carbons (Fsp3) is 0. The molecule has 0 aliphatic carbocycles. The summed E-state index contributed by atoms with van der Waals surface area (Å²) in [7, 11) is -3.69. The van der Waals surface area contributed by atoms with Gasteiger partial charge in [0.05, 0.1) is 20.6 Å². The van der Waals surface area contributed by atoms with E-state index in [0.717, 1.165) is 21.8 Å². The molecule has 0 spiro atoms. The van der Waals surface area contributed by atoms with E-state index in [2.05, 4.69) is 4.98 Å². The molecule has 0 saturated carbocycles. The van der Waals surface area contributed by atoms with Gasteiger partial charge in [-0.25, -0.2) is 18.5 Å². The zero-order valence-electron chi connectivity index (χ0n) is 11.5. The van der Waals surface area contributed by atoms with Crippen LogP contribution in [0.15, 0.2) is 52.7 Å². The Labute approximate surface area is 147 Å². The minimum atomic E-state index is -3.69. The lowest BCUT2D eigenvalue weighted by molar-refractivity contribution is 0.598. The largest absolute Gasteiger partial charge is 0.238 e. The van der Waals surface area contributed by atoms with Gasteiger partial charge in [0, 0.05) is 16.5 Å². The highest BCUT2D eigenvalue weighted by atomic mass is 35.5. The summed E-state index contributed by atoms with van der Waals surface area (Å²) in [4.78, 5) is 4.62. The van der Waals surface area contributed by atoms with Crippen molar-refractivity contribution in [1.82, 2.24) is 4.98 Å². The lowest BCUT2D eigenvalue weighted by Crippen LogP contribution is -2.11. The van der Waals surface area contributed by atoms with Crippen LogP contribution in [0.3, 0.4) is 0 Å². The molecule has 0 aliphatic heterocycles. The van der Waals surface area contributed by atoms with Crippen LogP contribution in [0.25, 0.3) is 21.8 Å². The highest BCUT2D eigenvalue weighted by Crippen LogP contribution is 2.32. The van der Waals surface area contributed by atoms with Crippen LogP contribution in [-0.2, 0) is 10.0 Å². The number of hydrogen-bond acceptors (Lipinski definition) is 4. The molecule has 0 atom stereocenters. The summed E-state index contributed by atoms with van der Waals surface area (Å²) in [6.45, 7) is 0. The van der Waals surface area contributed by atoms with E-state index in [4.69, 9.17) is 28.3 Å². The molecule has 3 aromatic rings. The topological polar surface area (TPSA) is 73.1 Å². The molecule has 0 saturated heterocycles. The minimum absolute atomic E-state index is 0.0705. The first-order valence-electron chi connectivity index (χ1n) is 6.39. The molecule has 0 amide bonds. The standard InChI is InChI=1S/C15H10Cl2N2O2S2/c16-12-6-3-10(7-13(12)17)15-19-14(8-22-15)9-1-4-11(5-2-9)23(18,20)21/h1-8H,(H2,18,20,21). The van der Waals surface area contributed by atoms with E-state index in [-0.39, 0.29) is 4.90 Å². The fourth-order valence-electron chi connectivity index (χ4n) is 1.98. The normalized spacial score (nSPS) is 11.6. The Morgan fingerprint density at radius 2 is 1.61 bits per heavy atom. The number of benzene rings is 2. The Morgan fingerprint density at radius 1 is 0.957 bits per heavy atom. The first-order valence-corrected chi connectivity index (χ1v) is 9.57. The van der Waals surface area contributed by atoms with Gasteiger partial charge in [-0.05, 0) is 24.3 Å². The van der Waals surface area contributed by atoms with Crippen molar-refractivity contribution in [1.29, 1.82) is 0 Å². The molecule has 0 radical (unpaired) electrons. The van der Waals surface area contributed by atoms with Gasteiger partial charge in [-0.15, -0.1) is 11.3 Å². The summed E-state index contributed by atoms with van der Waals surface area (Å²) in [6.07, 6.45) is 0. The summed E-state index contributed by atoms with van der Waals surface area (Å²) < 4.78 is 22.5.